The second kappa shape index (κ2) is 10.1. The summed E-state index contributed by atoms with van der Waals surface area (Å²) >= 11 is 0. The van der Waals surface area contributed by atoms with Crippen LogP contribution in [0.5, 0.6) is 0 Å². The number of hydrogen-bond acceptors (Lipinski definition) is 5. The van der Waals surface area contributed by atoms with E-state index in [0.29, 0.717) is 32.1 Å². The SMILES string of the molecule is O=C(NCC1CCC(C(=O)N[C@H]2CC[C@@H](C(=O)O)C2)O1)OCC1c2ccccc2-c2ccccc21. The Kier molecular flexibility index (Phi) is 6.72. The van der Waals surface area contributed by atoms with Gasteiger partial charge in [0.05, 0.1) is 12.0 Å². The van der Waals surface area contributed by atoms with Gasteiger partial charge in [0.15, 0.2) is 0 Å². The highest BCUT2D eigenvalue weighted by Crippen LogP contribution is 2.44. The molecule has 2 fully saturated rings. The molecule has 4 atom stereocenters. The number of hydrogen-bond donors (Lipinski definition) is 3. The Morgan fingerprint density at radius 3 is 2.29 bits per heavy atom. The molecule has 5 rings (SSSR count). The van der Waals surface area contributed by atoms with Crippen molar-refractivity contribution in [1.29, 1.82) is 0 Å². The maximum atomic E-state index is 12.5. The van der Waals surface area contributed by atoms with Crippen LogP contribution in [-0.4, -0.2) is 54.5 Å². The average molecular weight is 479 g/mol. The molecule has 2 aromatic carbocycles. The Morgan fingerprint density at radius 1 is 0.943 bits per heavy atom. The Labute approximate surface area is 204 Å². The molecule has 8 nitrogen and oxygen atoms in total. The molecule has 1 saturated heterocycles. The van der Waals surface area contributed by atoms with Crippen LogP contribution < -0.4 is 10.6 Å². The van der Waals surface area contributed by atoms with Gasteiger partial charge in [-0.3, -0.25) is 9.59 Å². The van der Waals surface area contributed by atoms with Gasteiger partial charge in [-0.1, -0.05) is 48.5 Å². The molecule has 3 N–H and O–H groups in total. The molecule has 3 aliphatic rings. The zero-order valence-corrected chi connectivity index (χ0v) is 19.4. The van der Waals surface area contributed by atoms with E-state index in [-0.39, 0.29) is 43.0 Å². The van der Waals surface area contributed by atoms with E-state index < -0.39 is 18.2 Å². The lowest BCUT2D eigenvalue weighted by Gasteiger charge is -2.18. The number of benzene rings is 2. The number of nitrogens with one attached hydrogen (secondary N) is 2. The average Bonchev–Trinajstić information content (AvgIpc) is 3.59. The molecule has 35 heavy (non-hydrogen) atoms. The molecule has 8 heteroatoms. The predicted octanol–water partition coefficient (Wildman–Crippen LogP) is 3.44. The summed E-state index contributed by atoms with van der Waals surface area (Å²) in [6.45, 7) is 0.514. The molecule has 2 amide bonds. The van der Waals surface area contributed by atoms with E-state index in [9.17, 15) is 14.4 Å². The molecular formula is C27H30N2O6. The molecular weight excluding hydrogens is 448 g/mol. The van der Waals surface area contributed by atoms with Crippen LogP contribution in [0.3, 0.4) is 0 Å². The Morgan fingerprint density at radius 2 is 1.63 bits per heavy atom. The molecule has 0 aromatic heterocycles. The first kappa shape index (κ1) is 23.4. The summed E-state index contributed by atoms with van der Waals surface area (Å²) in [5.41, 5.74) is 4.67. The first-order valence-corrected chi connectivity index (χ1v) is 12.3. The molecule has 1 saturated carbocycles. The van der Waals surface area contributed by atoms with Gasteiger partial charge >= 0.3 is 12.1 Å². The molecule has 2 aliphatic carbocycles. The van der Waals surface area contributed by atoms with Crippen molar-refractivity contribution in [2.75, 3.05) is 13.2 Å². The van der Waals surface area contributed by atoms with Crippen molar-refractivity contribution in [3.05, 3.63) is 59.7 Å². The van der Waals surface area contributed by atoms with Gasteiger partial charge in [-0.2, -0.15) is 0 Å². The highest BCUT2D eigenvalue weighted by Gasteiger charge is 2.35. The van der Waals surface area contributed by atoms with Crippen molar-refractivity contribution in [1.82, 2.24) is 10.6 Å². The maximum Gasteiger partial charge on any atom is 0.407 e. The van der Waals surface area contributed by atoms with Gasteiger partial charge in [-0.05, 0) is 54.4 Å². The minimum atomic E-state index is -0.807. The smallest absolute Gasteiger partial charge is 0.407 e. The predicted molar refractivity (Wildman–Crippen MR) is 128 cm³/mol. The van der Waals surface area contributed by atoms with E-state index in [2.05, 4.69) is 34.9 Å². The number of carboxylic acids is 1. The topological polar surface area (TPSA) is 114 Å². The van der Waals surface area contributed by atoms with Crippen LogP contribution in [-0.2, 0) is 19.1 Å². The van der Waals surface area contributed by atoms with E-state index in [1.807, 2.05) is 24.3 Å². The van der Waals surface area contributed by atoms with Gasteiger partial charge < -0.3 is 25.2 Å². The third-order valence-electron chi connectivity index (χ3n) is 7.35. The van der Waals surface area contributed by atoms with Crippen LogP contribution in [0.25, 0.3) is 11.1 Å². The fourth-order valence-corrected chi connectivity index (χ4v) is 5.53. The van der Waals surface area contributed by atoms with E-state index >= 15 is 0 Å². The van der Waals surface area contributed by atoms with E-state index in [1.165, 1.54) is 11.1 Å². The second-order valence-electron chi connectivity index (χ2n) is 9.58. The minimum Gasteiger partial charge on any atom is -0.481 e. The van der Waals surface area contributed by atoms with E-state index in [0.717, 1.165) is 11.1 Å². The number of alkyl carbamates (subject to hydrolysis) is 1. The number of fused-ring (bicyclic) bond motifs is 3. The van der Waals surface area contributed by atoms with Crippen LogP contribution in [0.4, 0.5) is 4.79 Å². The van der Waals surface area contributed by atoms with Gasteiger partial charge in [0.25, 0.3) is 0 Å². The van der Waals surface area contributed by atoms with Crippen molar-refractivity contribution >= 4 is 18.0 Å². The van der Waals surface area contributed by atoms with Crippen molar-refractivity contribution < 1.29 is 29.0 Å². The molecule has 2 aromatic rings. The molecule has 0 bridgehead atoms. The number of carbonyl (C=O) groups excluding carboxylic acids is 2. The van der Waals surface area contributed by atoms with Crippen molar-refractivity contribution in [3.63, 3.8) is 0 Å². The molecule has 1 heterocycles. The first-order chi connectivity index (χ1) is 17.0. The largest absolute Gasteiger partial charge is 0.481 e. The zero-order valence-electron chi connectivity index (χ0n) is 19.4. The fourth-order valence-electron chi connectivity index (χ4n) is 5.53. The minimum absolute atomic E-state index is 0.000249. The Balaban J connectivity index is 1.06. The lowest BCUT2D eigenvalue weighted by molar-refractivity contribution is -0.141. The van der Waals surface area contributed by atoms with Crippen molar-refractivity contribution in [2.45, 2.75) is 56.3 Å². The lowest BCUT2D eigenvalue weighted by atomic mass is 9.98. The molecule has 184 valence electrons. The summed E-state index contributed by atoms with van der Waals surface area (Å²) in [5.74, 6) is -1.40. The van der Waals surface area contributed by atoms with Gasteiger partial charge in [-0.25, -0.2) is 4.79 Å². The second-order valence-corrected chi connectivity index (χ2v) is 9.58. The van der Waals surface area contributed by atoms with Gasteiger partial charge in [0.2, 0.25) is 5.91 Å². The number of carboxylic acid groups (broad SMARTS) is 1. The molecule has 1 aliphatic heterocycles. The highest BCUT2D eigenvalue weighted by atomic mass is 16.5. The summed E-state index contributed by atoms with van der Waals surface area (Å²) in [6.07, 6.45) is 1.59. The summed E-state index contributed by atoms with van der Waals surface area (Å²) in [5, 5.41) is 14.8. The summed E-state index contributed by atoms with van der Waals surface area (Å²) in [4.78, 5) is 36.0. The fraction of sp³-hybridized carbons (Fsp3) is 0.444. The summed E-state index contributed by atoms with van der Waals surface area (Å²) < 4.78 is 11.4. The number of aliphatic carboxylic acids is 1. The third kappa shape index (κ3) is 5.03. The quantitative estimate of drug-likeness (QED) is 0.562. The Bertz CT molecular complexity index is 1070. The lowest BCUT2D eigenvalue weighted by Crippen LogP contribution is -2.41. The molecule has 2 unspecified atom stereocenters. The van der Waals surface area contributed by atoms with E-state index in [1.54, 1.807) is 0 Å². The van der Waals surface area contributed by atoms with Crippen molar-refractivity contribution in [2.24, 2.45) is 5.92 Å². The van der Waals surface area contributed by atoms with Crippen LogP contribution in [0.15, 0.2) is 48.5 Å². The van der Waals surface area contributed by atoms with Crippen molar-refractivity contribution in [3.8, 4) is 11.1 Å². The maximum absolute atomic E-state index is 12.5. The number of carbonyl (C=O) groups is 3. The molecule has 0 radical (unpaired) electrons. The van der Waals surface area contributed by atoms with Crippen LogP contribution in [0.1, 0.15) is 49.1 Å². The standard InChI is InChI=1S/C27H30N2O6/c30-25(29-17-10-9-16(13-17)26(31)32)24-12-11-18(35-24)14-28-27(33)34-15-23-21-7-3-1-5-19(21)20-6-2-4-8-22(20)23/h1-8,16-18,23-24H,9-15H2,(H,28,33)(H,29,30)(H,31,32)/t16-,17+,18?,24?/m1/s1. The van der Waals surface area contributed by atoms with Crippen LogP contribution >= 0.6 is 0 Å². The number of ether oxygens (including phenoxy) is 2. The van der Waals surface area contributed by atoms with Gasteiger partial charge in [0, 0.05) is 18.5 Å². The molecule has 0 spiro atoms. The van der Waals surface area contributed by atoms with Crippen LogP contribution in [0, 0.1) is 5.92 Å². The third-order valence-corrected chi connectivity index (χ3v) is 7.35. The van der Waals surface area contributed by atoms with Gasteiger partial charge in [0.1, 0.15) is 12.7 Å². The van der Waals surface area contributed by atoms with Gasteiger partial charge in [-0.15, -0.1) is 0 Å². The normalized spacial score (nSPS) is 25.0. The number of amides is 2. The van der Waals surface area contributed by atoms with Crippen LogP contribution in [0.2, 0.25) is 0 Å². The summed E-state index contributed by atoms with van der Waals surface area (Å²) in [6, 6.07) is 16.2. The highest BCUT2D eigenvalue weighted by molar-refractivity contribution is 5.82. The number of rotatable bonds is 7. The zero-order chi connectivity index (χ0) is 24.4. The summed E-state index contributed by atoms with van der Waals surface area (Å²) in [7, 11) is 0. The Hall–Kier alpha value is -3.39. The first-order valence-electron chi connectivity index (χ1n) is 12.3. The monoisotopic (exact) mass is 478 g/mol. The van der Waals surface area contributed by atoms with E-state index in [4.69, 9.17) is 14.6 Å².